The molecule has 0 spiro atoms. The molecular formula is C23H17F2NS. The number of nitrogens with zero attached hydrogens (tertiary/aromatic N) is 1. The molecule has 0 amide bonds. The average molecular weight is 377 g/mol. The third-order valence-corrected chi connectivity index (χ3v) is 5.01. The van der Waals surface area contributed by atoms with Crippen molar-refractivity contribution in [2.24, 2.45) is 0 Å². The first-order valence-electron chi connectivity index (χ1n) is 8.44. The van der Waals surface area contributed by atoms with Crippen LogP contribution < -0.4 is 0 Å². The Hall–Kier alpha value is -2.90. The van der Waals surface area contributed by atoms with E-state index in [2.05, 4.69) is 12.1 Å². The van der Waals surface area contributed by atoms with Crippen molar-refractivity contribution < 1.29 is 8.78 Å². The van der Waals surface area contributed by atoms with E-state index in [9.17, 15) is 8.78 Å². The molecule has 0 saturated carbocycles. The summed E-state index contributed by atoms with van der Waals surface area (Å²) in [7, 11) is 0. The molecule has 0 atom stereocenters. The molecule has 3 aromatic carbocycles. The summed E-state index contributed by atoms with van der Waals surface area (Å²) >= 11 is 1.74. The number of nitriles is 1. The summed E-state index contributed by atoms with van der Waals surface area (Å²) in [6, 6.07) is 22.3. The molecule has 0 N–H and O–H groups in total. The van der Waals surface area contributed by atoms with Gasteiger partial charge in [0.1, 0.15) is 11.6 Å². The lowest BCUT2D eigenvalue weighted by molar-refractivity contribution is 0.627. The minimum Gasteiger partial charge on any atom is -0.207 e. The molecule has 0 bridgehead atoms. The highest BCUT2D eigenvalue weighted by Gasteiger charge is 2.06. The quantitative estimate of drug-likeness (QED) is 0.477. The minimum absolute atomic E-state index is 0.285. The second-order valence-corrected chi connectivity index (χ2v) is 6.99. The predicted octanol–water partition coefficient (Wildman–Crippen LogP) is 6.20. The van der Waals surface area contributed by atoms with Gasteiger partial charge < -0.3 is 0 Å². The molecule has 0 aliphatic rings. The second kappa shape index (κ2) is 9.16. The first-order valence-corrected chi connectivity index (χ1v) is 9.60. The van der Waals surface area contributed by atoms with E-state index in [1.165, 1.54) is 24.3 Å². The van der Waals surface area contributed by atoms with Crippen LogP contribution in [0.3, 0.4) is 0 Å². The predicted molar refractivity (Wildman–Crippen MR) is 107 cm³/mol. The van der Waals surface area contributed by atoms with Crippen molar-refractivity contribution in [3.8, 4) is 6.07 Å². The Morgan fingerprint density at radius 1 is 0.815 bits per heavy atom. The zero-order valence-electron chi connectivity index (χ0n) is 14.5. The summed E-state index contributed by atoms with van der Waals surface area (Å²) in [6.45, 7) is 0. The molecule has 4 heteroatoms. The van der Waals surface area contributed by atoms with Gasteiger partial charge >= 0.3 is 0 Å². The van der Waals surface area contributed by atoms with E-state index in [1.807, 2.05) is 24.3 Å². The standard InChI is InChI=1S/C23H17F2NS/c24-21-9-5-19(6-10-21)23(20-7-11-22(25)12-8-20)13-14-27-16-18-3-1-17(15-26)2-4-18/h1-13H,14,16H2. The molecule has 0 aromatic heterocycles. The van der Waals surface area contributed by atoms with E-state index in [0.29, 0.717) is 5.56 Å². The Bertz CT molecular complexity index is 906. The summed E-state index contributed by atoms with van der Waals surface area (Å²) in [5, 5.41) is 8.84. The van der Waals surface area contributed by atoms with E-state index in [1.54, 1.807) is 36.0 Å². The molecule has 0 unspecified atom stereocenters. The number of rotatable bonds is 6. The highest BCUT2D eigenvalue weighted by molar-refractivity contribution is 7.98. The molecule has 0 heterocycles. The molecule has 3 rings (SSSR count). The lowest BCUT2D eigenvalue weighted by Gasteiger charge is -2.09. The third-order valence-electron chi connectivity index (χ3n) is 4.07. The summed E-state index contributed by atoms with van der Waals surface area (Å²) in [6.07, 6.45) is 2.08. The van der Waals surface area contributed by atoms with Crippen LogP contribution in [0.15, 0.2) is 78.9 Å². The van der Waals surface area contributed by atoms with E-state index in [4.69, 9.17) is 5.26 Å². The maximum absolute atomic E-state index is 13.3. The van der Waals surface area contributed by atoms with Crippen LogP contribution in [-0.2, 0) is 5.75 Å². The first-order chi connectivity index (χ1) is 13.2. The molecule has 0 fully saturated rings. The van der Waals surface area contributed by atoms with E-state index in [0.717, 1.165) is 33.8 Å². The number of hydrogen-bond donors (Lipinski definition) is 0. The molecule has 1 nitrogen and oxygen atoms in total. The van der Waals surface area contributed by atoms with Gasteiger partial charge in [-0.15, -0.1) is 0 Å². The highest BCUT2D eigenvalue weighted by Crippen LogP contribution is 2.25. The molecule has 0 aliphatic heterocycles. The van der Waals surface area contributed by atoms with Crippen LogP contribution in [-0.4, -0.2) is 5.75 Å². The molecule has 0 saturated heterocycles. The second-order valence-electron chi connectivity index (χ2n) is 5.96. The fourth-order valence-corrected chi connectivity index (χ4v) is 3.49. The Balaban J connectivity index is 1.74. The summed E-state index contributed by atoms with van der Waals surface area (Å²) in [5.41, 5.74) is 4.53. The minimum atomic E-state index is -0.285. The molecule has 27 heavy (non-hydrogen) atoms. The maximum atomic E-state index is 13.3. The van der Waals surface area contributed by atoms with Crippen LogP contribution in [0.2, 0.25) is 0 Å². The van der Waals surface area contributed by atoms with Crippen molar-refractivity contribution in [2.75, 3.05) is 5.75 Å². The van der Waals surface area contributed by atoms with Crippen molar-refractivity contribution in [3.05, 3.63) is 113 Å². The largest absolute Gasteiger partial charge is 0.207 e. The van der Waals surface area contributed by atoms with Crippen LogP contribution in [0.1, 0.15) is 22.3 Å². The van der Waals surface area contributed by atoms with Gasteiger partial charge in [-0.25, -0.2) is 8.78 Å². The highest BCUT2D eigenvalue weighted by atomic mass is 32.2. The van der Waals surface area contributed by atoms with E-state index < -0.39 is 0 Å². The van der Waals surface area contributed by atoms with Gasteiger partial charge in [0.05, 0.1) is 11.6 Å². The Morgan fingerprint density at radius 2 is 1.33 bits per heavy atom. The van der Waals surface area contributed by atoms with Crippen LogP contribution >= 0.6 is 11.8 Å². The van der Waals surface area contributed by atoms with E-state index in [-0.39, 0.29) is 11.6 Å². The Labute approximate surface area is 162 Å². The van der Waals surface area contributed by atoms with E-state index >= 15 is 0 Å². The summed E-state index contributed by atoms with van der Waals surface area (Å²) in [5.74, 6) is 1.01. The molecule has 3 aromatic rings. The van der Waals surface area contributed by atoms with Crippen molar-refractivity contribution in [1.29, 1.82) is 5.26 Å². The SMILES string of the molecule is N#Cc1ccc(CSCC=C(c2ccc(F)cc2)c2ccc(F)cc2)cc1. The van der Waals surface area contributed by atoms with Crippen molar-refractivity contribution in [1.82, 2.24) is 0 Å². The maximum Gasteiger partial charge on any atom is 0.123 e. The van der Waals surface area contributed by atoms with Crippen molar-refractivity contribution >= 4 is 17.3 Å². The fraction of sp³-hybridized carbons (Fsp3) is 0.0870. The zero-order valence-corrected chi connectivity index (χ0v) is 15.3. The third kappa shape index (κ3) is 5.29. The van der Waals surface area contributed by atoms with Gasteiger partial charge in [0.2, 0.25) is 0 Å². The van der Waals surface area contributed by atoms with Crippen LogP contribution in [0, 0.1) is 23.0 Å². The van der Waals surface area contributed by atoms with Gasteiger partial charge in [0.15, 0.2) is 0 Å². The normalized spacial score (nSPS) is 10.3. The number of hydrogen-bond acceptors (Lipinski definition) is 2. The lowest BCUT2D eigenvalue weighted by atomic mass is 9.98. The topological polar surface area (TPSA) is 23.8 Å². The number of halogens is 2. The van der Waals surface area contributed by atoms with Gasteiger partial charge in [0, 0.05) is 11.5 Å². The van der Waals surface area contributed by atoms with Crippen LogP contribution in [0.25, 0.3) is 5.57 Å². The van der Waals surface area contributed by atoms with Crippen LogP contribution in [0.4, 0.5) is 8.78 Å². The first kappa shape index (κ1) is 18.9. The summed E-state index contributed by atoms with van der Waals surface area (Å²) < 4.78 is 26.5. The average Bonchev–Trinajstić information content (AvgIpc) is 2.70. The monoisotopic (exact) mass is 377 g/mol. The smallest absolute Gasteiger partial charge is 0.123 e. The van der Waals surface area contributed by atoms with Crippen LogP contribution in [0.5, 0.6) is 0 Å². The Morgan fingerprint density at radius 3 is 1.81 bits per heavy atom. The Kier molecular flexibility index (Phi) is 6.40. The number of benzene rings is 3. The van der Waals surface area contributed by atoms with Gasteiger partial charge in [-0.2, -0.15) is 17.0 Å². The lowest BCUT2D eigenvalue weighted by Crippen LogP contribution is -1.91. The van der Waals surface area contributed by atoms with Gasteiger partial charge in [-0.05, 0) is 58.7 Å². The van der Waals surface area contributed by atoms with Gasteiger partial charge in [-0.1, -0.05) is 42.5 Å². The molecule has 0 radical (unpaired) electrons. The molecule has 0 aliphatic carbocycles. The number of thioether (sulfide) groups is 1. The van der Waals surface area contributed by atoms with Crippen molar-refractivity contribution in [3.63, 3.8) is 0 Å². The summed E-state index contributed by atoms with van der Waals surface area (Å²) in [4.78, 5) is 0. The zero-order chi connectivity index (χ0) is 19.1. The van der Waals surface area contributed by atoms with Gasteiger partial charge in [0.25, 0.3) is 0 Å². The van der Waals surface area contributed by atoms with Crippen molar-refractivity contribution in [2.45, 2.75) is 5.75 Å². The molecular weight excluding hydrogens is 360 g/mol. The molecule has 134 valence electrons. The van der Waals surface area contributed by atoms with Gasteiger partial charge in [-0.3, -0.25) is 0 Å². The fourth-order valence-electron chi connectivity index (χ4n) is 2.66.